The predicted molar refractivity (Wildman–Crippen MR) is 113 cm³/mol. The maximum Gasteiger partial charge on any atom is 0.268 e. The van der Waals surface area contributed by atoms with Gasteiger partial charge in [0.15, 0.2) is 0 Å². The summed E-state index contributed by atoms with van der Waals surface area (Å²) >= 11 is 0. The predicted octanol–water partition coefficient (Wildman–Crippen LogP) is 2.89. The zero-order valence-corrected chi connectivity index (χ0v) is 17.7. The van der Waals surface area contributed by atoms with Crippen molar-refractivity contribution in [1.29, 1.82) is 0 Å². The van der Waals surface area contributed by atoms with E-state index in [1.165, 1.54) is 17.3 Å². The highest BCUT2D eigenvalue weighted by atomic mass is 16.5. The van der Waals surface area contributed by atoms with Crippen LogP contribution in [0, 0.1) is 6.92 Å². The van der Waals surface area contributed by atoms with Crippen molar-refractivity contribution in [2.75, 3.05) is 26.8 Å². The van der Waals surface area contributed by atoms with Crippen LogP contribution < -0.4 is 10.3 Å². The number of likely N-dealkylation sites (tertiary alicyclic amines) is 1. The molecule has 1 saturated heterocycles. The molecule has 2 aromatic heterocycles. The number of carbonyl (C=O) groups excluding carboxylic acids is 1. The Labute approximate surface area is 175 Å². The molecule has 2 aliphatic heterocycles. The number of piperidine rings is 1. The number of aromatic nitrogens is 2. The Kier molecular flexibility index (Phi) is 5.47. The summed E-state index contributed by atoms with van der Waals surface area (Å²) in [6.45, 7) is 5.80. The lowest BCUT2D eigenvalue weighted by Crippen LogP contribution is -2.49. The van der Waals surface area contributed by atoms with E-state index < -0.39 is 0 Å². The molecule has 0 saturated carbocycles. The first-order chi connectivity index (χ1) is 14.4. The normalized spacial score (nSPS) is 18.2. The highest BCUT2D eigenvalue weighted by molar-refractivity contribution is 5.95. The molecule has 7 nitrogen and oxygen atoms in total. The highest BCUT2D eigenvalue weighted by Crippen LogP contribution is 2.33. The summed E-state index contributed by atoms with van der Waals surface area (Å²) < 4.78 is 12.6. The molecule has 4 heterocycles. The van der Waals surface area contributed by atoms with Crippen molar-refractivity contribution < 1.29 is 14.3 Å². The number of carbonyl (C=O) groups is 1. The molecule has 30 heavy (non-hydrogen) atoms. The van der Waals surface area contributed by atoms with Crippen LogP contribution in [-0.2, 0) is 4.74 Å². The van der Waals surface area contributed by atoms with Gasteiger partial charge in [0.25, 0.3) is 11.5 Å². The van der Waals surface area contributed by atoms with Gasteiger partial charge in [-0.05, 0) is 50.8 Å². The van der Waals surface area contributed by atoms with Crippen molar-refractivity contribution in [3.63, 3.8) is 0 Å². The summed E-state index contributed by atoms with van der Waals surface area (Å²) in [7, 11) is 1.54. The molecule has 2 aliphatic rings. The van der Waals surface area contributed by atoms with Gasteiger partial charge in [0.1, 0.15) is 5.56 Å². The zero-order valence-electron chi connectivity index (χ0n) is 17.7. The lowest BCUT2D eigenvalue weighted by molar-refractivity contribution is -0.0522. The van der Waals surface area contributed by atoms with Crippen LogP contribution in [0.5, 0.6) is 5.88 Å². The Morgan fingerprint density at radius 3 is 2.60 bits per heavy atom. The smallest absolute Gasteiger partial charge is 0.268 e. The van der Waals surface area contributed by atoms with Gasteiger partial charge in [-0.1, -0.05) is 11.6 Å². The van der Waals surface area contributed by atoms with Crippen molar-refractivity contribution in [2.24, 2.45) is 0 Å². The third-order valence-corrected chi connectivity index (χ3v) is 6.01. The average molecular weight is 409 g/mol. The molecule has 1 amide bonds. The molecule has 0 aromatic carbocycles. The molecule has 0 aliphatic carbocycles. The minimum absolute atomic E-state index is 0.209. The van der Waals surface area contributed by atoms with Gasteiger partial charge in [-0.2, -0.15) is 0 Å². The lowest BCUT2D eigenvalue weighted by atomic mass is 9.86. The van der Waals surface area contributed by atoms with E-state index in [1.807, 2.05) is 0 Å². The van der Waals surface area contributed by atoms with Crippen molar-refractivity contribution in [2.45, 2.75) is 38.7 Å². The Hall–Kier alpha value is -2.93. The van der Waals surface area contributed by atoms with E-state index in [1.54, 1.807) is 42.4 Å². The van der Waals surface area contributed by atoms with Gasteiger partial charge in [-0.25, -0.2) is 4.98 Å². The van der Waals surface area contributed by atoms with Crippen LogP contribution >= 0.6 is 0 Å². The number of nitrogens with zero attached hydrogens (tertiary/aromatic N) is 3. The number of pyridine rings is 2. The van der Waals surface area contributed by atoms with Crippen LogP contribution in [0.2, 0.25) is 0 Å². The number of rotatable bonds is 3. The maximum absolute atomic E-state index is 13.3. The molecule has 4 rings (SSSR count). The summed E-state index contributed by atoms with van der Waals surface area (Å²) in [5, 5.41) is 0. The molecule has 7 heteroatoms. The van der Waals surface area contributed by atoms with Crippen LogP contribution in [-0.4, -0.2) is 52.8 Å². The minimum Gasteiger partial charge on any atom is -0.481 e. The van der Waals surface area contributed by atoms with E-state index in [9.17, 15) is 9.59 Å². The molecule has 0 radical (unpaired) electrons. The first-order valence-electron chi connectivity index (χ1n) is 10.3. The number of hydrogen-bond acceptors (Lipinski definition) is 5. The molecule has 1 fully saturated rings. The number of hydrogen-bond donors (Lipinski definition) is 0. The molecule has 0 unspecified atom stereocenters. The van der Waals surface area contributed by atoms with Crippen LogP contribution in [0.25, 0.3) is 5.69 Å². The second kappa shape index (κ2) is 8.07. The quantitative estimate of drug-likeness (QED) is 0.729. The summed E-state index contributed by atoms with van der Waals surface area (Å²) in [5.74, 6) is 0.242. The SMILES string of the molecule is COc1ccc(-n2ccc(C)c(C(=O)N3CCC4(C=C(C)CCO4)CC3)c2=O)cn1. The van der Waals surface area contributed by atoms with Crippen molar-refractivity contribution in [3.05, 3.63) is 63.7 Å². The zero-order chi connectivity index (χ0) is 21.3. The number of aryl methyl sites for hydroxylation is 1. The summed E-state index contributed by atoms with van der Waals surface area (Å²) in [4.78, 5) is 32.4. The van der Waals surface area contributed by atoms with E-state index >= 15 is 0 Å². The van der Waals surface area contributed by atoms with E-state index in [2.05, 4.69) is 18.0 Å². The van der Waals surface area contributed by atoms with Crippen LogP contribution in [0.1, 0.15) is 42.1 Å². The Morgan fingerprint density at radius 1 is 1.20 bits per heavy atom. The van der Waals surface area contributed by atoms with Crippen molar-refractivity contribution in [1.82, 2.24) is 14.5 Å². The fraction of sp³-hybridized carbons (Fsp3) is 0.435. The molecular weight excluding hydrogens is 382 g/mol. The second-order valence-electron chi connectivity index (χ2n) is 8.05. The first-order valence-corrected chi connectivity index (χ1v) is 10.3. The largest absolute Gasteiger partial charge is 0.481 e. The Bertz CT molecular complexity index is 1030. The fourth-order valence-electron chi connectivity index (χ4n) is 4.24. The van der Waals surface area contributed by atoms with Gasteiger partial charge < -0.3 is 14.4 Å². The first kappa shape index (κ1) is 20.3. The van der Waals surface area contributed by atoms with Crippen LogP contribution in [0.3, 0.4) is 0 Å². The topological polar surface area (TPSA) is 73.7 Å². The molecule has 0 bridgehead atoms. The molecule has 1 spiro atoms. The van der Waals surface area contributed by atoms with E-state index in [0.29, 0.717) is 30.2 Å². The molecule has 0 atom stereocenters. The molecule has 2 aromatic rings. The van der Waals surface area contributed by atoms with Gasteiger partial charge in [-0.15, -0.1) is 0 Å². The van der Waals surface area contributed by atoms with Gasteiger partial charge in [0.05, 0.1) is 31.2 Å². The third-order valence-electron chi connectivity index (χ3n) is 6.01. The number of amides is 1. The summed E-state index contributed by atoms with van der Waals surface area (Å²) in [5.41, 5.74) is 2.21. The van der Waals surface area contributed by atoms with Crippen LogP contribution in [0.4, 0.5) is 0 Å². The van der Waals surface area contributed by atoms with E-state index in [0.717, 1.165) is 25.9 Å². The lowest BCUT2D eigenvalue weighted by Gasteiger charge is -2.42. The van der Waals surface area contributed by atoms with Gasteiger partial charge >= 0.3 is 0 Å². The molecule has 158 valence electrons. The van der Waals surface area contributed by atoms with Gasteiger partial charge in [0, 0.05) is 25.4 Å². The fourth-order valence-corrected chi connectivity index (χ4v) is 4.24. The van der Waals surface area contributed by atoms with Crippen LogP contribution in [0.15, 0.2) is 47.0 Å². The summed E-state index contributed by atoms with van der Waals surface area (Å²) in [6.07, 6.45) is 7.91. The van der Waals surface area contributed by atoms with Crippen molar-refractivity contribution in [3.8, 4) is 11.6 Å². The highest BCUT2D eigenvalue weighted by Gasteiger charge is 2.37. The molecular formula is C23H27N3O4. The van der Waals surface area contributed by atoms with Gasteiger partial charge in [0.2, 0.25) is 5.88 Å². The summed E-state index contributed by atoms with van der Waals surface area (Å²) in [6, 6.07) is 5.23. The average Bonchev–Trinajstić information content (AvgIpc) is 2.74. The molecule has 0 N–H and O–H groups in total. The standard InChI is InChI=1S/C23H27N3O4/c1-16-7-13-30-23(14-16)8-11-25(12-9-23)21(27)20-17(2)6-10-26(22(20)28)18-4-5-19(29-3)24-15-18/h4-6,10,14-15H,7-9,11-13H2,1-3H3. The van der Waals surface area contributed by atoms with E-state index in [-0.39, 0.29) is 22.6 Å². The third kappa shape index (κ3) is 3.77. The second-order valence-corrected chi connectivity index (χ2v) is 8.05. The Balaban J connectivity index is 1.59. The monoisotopic (exact) mass is 409 g/mol. The number of methoxy groups -OCH3 is 1. The van der Waals surface area contributed by atoms with Crippen molar-refractivity contribution >= 4 is 5.91 Å². The maximum atomic E-state index is 13.3. The Morgan fingerprint density at radius 2 is 1.97 bits per heavy atom. The van der Waals surface area contributed by atoms with Gasteiger partial charge in [-0.3, -0.25) is 14.2 Å². The van der Waals surface area contributed by atoms with E-state index in [4.69, 9.17) is 9.47 Å². The minimum atomic E-state index is -0.336. The number of ether oxygens (including phenoxy) is 2.